The van der Waals surface area contributed by atoms with Gasteiger partial charge in [-0.05, 0) is 47.2 Å². The first-order chi connectivity index (χ1) is 10.7. The van der Waals surface area contributed by atoms with Crippen molar-refractivity contribution < 1.29 is 9.53 Å². The Bertz CT molecular complexity index is 697. The van der Waals surface area contributed by atoms with Gasteiger partial charge in [0.1, 0.15) is 5.69 Å². The molecule has 1 aromatic carbocycles. The van der Waals surface area contributed by atoms with E-state index in [-0.39, 0.29) is 18.1 Å². The van der Waals surface area contributed by atoms with Crippen LogP contribution in [0.15, 0.2) is 28.7 Å². The lowest BCUT2D eigenvalue weighted by atomic mass is 10.1. The molecule has 1 aromatic heterocycles. The van der Waals surface area contributed by atoms with Gasteiger partial charge in [-0.3, -0.25) is 4.79 Å². The van der Waals surface area contributed by atoms with E-state index in [0.29, 0.717) is 11.6 Å². The molecule has 0 spiro atoms. The molecule has 1 saturated heterocycles. The Labute approximate surface area is 137 Å². The second-order valence-corrected chi connectivity index (χ2v) is 7.07. The van der Waals surface area contributed by atoms with E-state index in [4.69, 9.17) is 4.74 Å². The van der Waals surface area contributed by atoms with Crippen LogP contribution in [0.3, 0.4) is 0 Å². The summed E-state index contributed by atoms with van der Waals surface area (Å²) in [6.45, 7) is 0.752. The largest absolute Gasteiger partial charge is 0.376 e. The van der Waals surface area contributed by atoms with Crippen molar-refractivity contribution >= 4 is 32.7 Å². The van der Waals surface area contributed by atoms with Crippen LogP contribution in [0.4, 0.5) is 0 Å². The SMILES string of the molecule is Cn1c(C(=O)N[C@@H]2CCO[C@@H]2C2CC2)c(Br)c2ccccc21. The third kappa shape index (κ3) is 2.27. The fraction of sp³-hybridized carbons (Fsp3) is 0.471. The third-order valence-corrected chi connectivity index (χ3v) is 5.60. The minimum atomic E-state index is -0.0216. The second-order valence-electron chi connectivity index (χ2n) is 6.28. The normalized spacial score (nSPS) is 24.8. The molecule has 1 aliphatic carbocycles. The number of carbonyl (C=O) groups excluding carboxylic acids is 1. The zero-order valence-electron chi connectivity index (χ0n) is 12.5. The molecule has 0 radical (unpaired) electrons. The van der Waals surface area contributed by atoms with Crippen molar-refractivity contribution in [2.75, 3.05) is 6.61 Å². The first-order valence-corrected chi connectivity index (χ1v) is 8.61. The second kappa shape index (κ2) is 5.39. The van der Waals surface area contributed by atoms with Crippen molar-refractivity contribution in [2.24, 2.45) is 13.0 Å². The highest BCUT2D eigenvalue weighted by Gasteiger charge is 2.41. The molecular formula is C17H19BrN2O2. The number of rotatable bonds is 3. The summed E-state index contributed by atoms with van der Waals surface area (Å²) >= 11 is 3.60. The number of benzene rings is 1. The summed E-state index contributed by atoms with van der Waals surface area (Å²) in [5.74, 6) is 0.621. The fourth-order valence-corrected chi connectivity index (χ4v) is 4.27. The van der Waals surface area contributed by atoms with Crippen molar-refractivity contribution in [3.05, 3.63) is 34.4 Å². The molecule has 0 unspecified atom stereocenters. The van der Waals surface area contributed by atoms with E-state index in [1.54, 1.807) is 0 Å². The van der Waals surface area contributed by atoms with Gasteiger partial charge in [-0.25, -0.2) is 0 Å². The zero-order chi connectivity index (χ0) is 15.3. The van der Waals surface area contributed by atoms with Crippen LogP contribution in [0, 0.1) is 5.92 Å². The molecule has 1 amide bonds. The lowest BCUT2D eigenvalue weighted by Gasteiger charge is -2.19. The Hall–Kier alpha value is -1.33. The Morgan fingerprint density at radius 2 is 2.09 bits per heavy atom. The van der Waals surface area contributed by atoms with Gasteiger partial charge in [0.25, 0.3) is 5.91 Å². The smallest absolute Gasteiger partial charge is 0.269 e. The zero-order valence-corrected chi connectivity index (χ0v) is 14.1. The summed E-state index contributed by atoms with van der Waals surface area (Å²) in [5.41, 5.74) is 1.74. The van der Waals surface area contributed by atoms with E-state index in [1.807, 2.05) is 35.9 Å². The summed E-state index contributed by atoms with van der Waals surface area (Å²) in [7, 11) is 1.94. The molecule has 0 bridgehead atoms. The number of amides is 1. The molecule has 1 N–H and O–H groups in total. The van der Waals surface area contributed by atoms with Crippen LogP contribution in [-0.4, -0.2) is 29.2 Å². The van der Waals surface area contributed by atoms with Crippen molar-refractivity contribution in [1.82, 2.24) is 9.88 Å². The molecule has 5 heteroatoms. The first-order valence-electron chi connectivity index (χ1n) is 7.82. The molecule has 2 atom stereocenters. The van der Waals surface area contributed by atoms with Crippen LogP contribution in [0.5, 0.6) is 0 Å². The number of fused-ring (bicyclic) bond motifs is 1. The van der Waals surface area contributed by atoms with Crippen LogP contribution in [0.2, 0.25) is 0 Å². The van der Waals surface area contributed by atoms with Gasteiger partial charge in [0.15, 0.2) is 0 Å². The Balaban J connectivity index is 1.62. The van der Waals surface area contributed by atoms with Crippen molar-refractivity contribution in [3.8, 4) is 0 Å². The summed E-state index contributed by atoms with van der Waals surface area (Å²) in [6, 6.07) is 8.18. The van der Waals surface area contributed by atoms with Gasteiger partial charge >= 0.3 is 0 Å². The number of nitrogens with zero attached hydrogens (tertiary/aromatic N) is 1. The first kappa shape index (κ1) is 14.3. The molecule has 2 aromatic rings. The van der Waals surface area contributed by atoms with Gasteiger partial charge in [0.2, 0.25) is 0 Å². The van der Waals surface area contributed by atoms with Crippen LogP contribution < -0.4 is 5.32 Å². The number of hydrogen-bond acceptors (Lipinski definition) is 2. The van der Waals surface area contributed by atoms with Crippen molar-refractivity contribution in [1.29, 1.82) is 0 Å². The summed E-state index contributed by atoms with van der Waals surface area (Å²) in [4.78, 5) is 12.8. The highest BCUT2D eigenvalue weighted by Crippen LogP contribution is 2.39. The van der Waals surface area contributed by atoms with Crippen molar-refractivity contribution in [3.63, 3.8) is 0 Å². The van der Waals surface area contributed by atoms with Gasteiger partial charge in [0.05, 0.1) is 16.6 Å². The fourth-order valence-electron chi connectivity index (χ4n) is 3.49. The number of halogens is 1. The summed E-state index contributed by atoms with van der Waals surface area (Å²) in [6.07, 6.45) is 3.58. The molecular weight excluding hydrogens is 344 g/mol. The minimum absolute atomic E-state index is 0.0216. The number of ether oxygens (including phenoxy) is 1. The topological polar surface area (TPSA) is 43.3 Å². The summed E-state index contributed by atoms with van der Waals surface area (Å²) < 4.78 is 8.63. The van der Waals surface area contributed by atoms with Crippen LogP contribution in [-0.2, 0) is 11.8 Å². The molecule has 22 heavy (non-hydrogen) atoms. The maximum absolute atomic E-state index is 12.8. The maximum atomic E-state index is 12.8. The molecule has 1 aliphatic heterocycles. The predicted octanol–water partition coefficient (Wildman–Crippen LogP) is 3.24. The van der Waals surface area contributed by atoms with E-state index in [0.717, 1.165) is 28.4 Å². The van der Waals surface area contributed by atoms with E-state index in [9.17, 15) is 4.79 Å². The number of aromatic nitrogens is 1. The molecule has 4 rings (SSSR count). The van der Waals surface area contributed by atoms with Crippen molar-refractivity contribution in [2.45, 2.75) is 31.4 Å². The summed E-state index contributed by atoms with van der Waals surface area (Å²) in [5, 5.41) is 4.26. The standard InChI is InChI=1S/C17H19BrN2O2/c1-20-13-5-3-2-4-11(13)14(18)15(20)17(21)19-12-8-9-22-16(12)10-6-7-10/h2-5,10,12,16H,6-9H2,1H3,(H,19,21)/t12-,16-/m1/s1. The Morgan fingerprint density at radius 1 is 1.32 bits per heavy atom. The quantitative estimate of drug-likeness (QED) is 0.910. The highest BCUT2D eigenvalue weighted by atomic mass is 79.9. The monoisotopic (exact) mass is 362 g/mol. The molecule has 2 heterocycles. The van der Waals surface area contributed by atoms with Gasteiger partial charge in [-0.15, -0.1) is 0 Å². The molecule has 1 saturated carbocycles. The average Bonchev–Trinajstić information content (AvgIpc) is 3.21. The number of para-hydroxylation sites is 1. The van der Waals surface area contributed by atoms with E-state index in [2.05, 4.69) is 21.2 Å². The Kier molecular flexibility index (Phi) is 3.50. The minimum Gasteiger partial charge on any atom is -0.376 e. The molecule has 116 valence electrons. The van der Waals surface area contributed by atoms with Gasteiger partial charge < -0.3 is 14.6 Å². The average molecular weight is 363 g/mol. The lowest BCUT2D eigenvalue weighted by Crippen LogP contribution is -2.42. The molecule has 2 aliphatic rings. The molecule has 2 fully saturated rings. The third-order valence-electron chi connectivity index (χ3n) is 4.80. The molecule has 4 nitrogen and oxygen atoms in total. The van der Waals surface area contributed by atoms with Crippen LogP contribution >= 0.6 is 15.9 Å². The van der Waals surface area contributed by atoms with Gasteiger partial charge in [0, 0.05) is 24.6 Å². The number of nitrogens with one attached hydrogen (secondary N) is 1. The van der Waals surface area contributed by atoms with E-state index < -0.39 is 0 Å². The lowest BCUT2D eigenvalue weighted by molar-refractivity contribution is 0.0725. The maximum Gasteiger partial charge on any atom is 0.269 e. The number of carbonyl (C=O) groups is 1. The van der Waals surface area contributed by atoms with Crippen LogP contribution in [0.1, 0.15) is 29.8 Å². The van der Waals surface area contributed by atoms with Gasteiger partial charge in [-0.1, -0.05) is 18.2 Å². The Morgan fingerprint density at radius 3 is 2.82 bits per heavy atom. The van der Waals surface area contributed by atoms with E-state index >= 15 is 0 Å². The highest BCUT2D eigenvalue weighted by molar-refractivity contribution is 9.10. The van der Waals surface area contributed by atoms with E-state index in [1.165, 1.54) is 12.8 Å². The predicted molar refractivity (Wildman–Crippen MR) is 89.0 cm³/mol. The van der Waals surface area contributed by atoms with Crippen LogP contribution in [0.25, 0.3) is 10.9 Å². The van der Waals surface area contributed by atoms with Gasteiger partial charge in [-0.2, -0.15) is 0 Å². The number of aryl methyl sites for hydroxylation is 1. The number of hydrogen-bond donors (Lipinski definition) is 1.